The SMILES string of the molecule is Cc1c(Cc2ccc(F)c(C(=O)N3CCN(CCc4ccccc4)C(=O)C3)c2)n[nH]c(=O)c1C.O=C(O)C(F)(F)F. The van der Waals surface area contributed by atoms with E-state index < -0.39 is 23.9 Å². The van der Waals surface area contributed by atoms with Gasteiger partial charge in [0.05, 0.1) is 11.3 Å². The number of amides is 2. The molecule has 9 nitrogen and oxygen atoms in total. The van der Waals surface area contributed by atoms with Gasteiger partial charge in [-0.3, -0.25) is 14.4 Å². The first-order chi connectivity index (χ1) is 19.3. The fourth-order valence-electron chi connectivity index (χ4n) is 4.08. The highest BCUT2D eigenvalue weighted by atomic mass is 19.4. The smallest absolute Gasteiger partial charge is 0.475 e. The number of alkyl halides is 3. The molecule has 13 heteroatoms. The van der Waals surface area contributed by atoms with E-state index in [9.17, 15) is 31.9 Å². The molecule has 0 saturated carbocycles. The minimum Gasteiger partial charge on any atom is -0.475 e. The minimum atomic E-state index is -5.08. The molecule has 41 heavy (non-hydrogen) atoms. The molecule has 1 saturated heterocycles. The van der Waals surface area contributed by atoms with Gasteiger partial charge in [-0.25, -0.2) is 14.3 Å². The Morgan fingerprint density at radius 1 is 1.00 bits per heavy atom. The molecule has 0 spiro atoms. The third-order valence-corrected chi connectivity index (χ3v) is 6.62. The molecule has 4 rings (SSSR count). The summed E-state index contributed by atoms with van der Waals surface area (Å²) in [6.45, 7) is 4.80. The van der Waals surface area contributed by atoms with Crippen LogP contribution in [0.5, 0.6) is 0 Å². The number of piperazine rings is 1. The molecule has 0 unspecified atom stereocenters. The Kier molecular flexibility index (Phi) is 9.98. The van der Waals surface area contributed by atoms with Gasteiger partial charge in [-0.1, -0.05) is 36.4 Å². The van der Waals surface area contributed by atoms with Crippen LogP contribution >= 0.6 is 0 Å². The van der Waals surface area contributed by atoms with Crippen molar-refractivity contribution < 1.29 is 37.1 Å². The summed E-state index contributed by atoms with van der Waals surface area (Å²) in [5.41, 5.74) is 3.52. The number of benzene rings is 2. The predicted octanol–water partition coefficient (Wildman–Crippen LogP) is 3.28. The summed E-state index contributed by atoms with van der Waals surface area (Å²) in [7, 11) is 0. The van der Waals surface area contributed by atoms with Crippen molar-refractivity contribution in [3.8, 4) is 0 Å². The van der Waals surface area contributed by atoms with Crippen LogP contribution in [-0.4, -0.2) is 75.2 Å². The standard InChI is InChI=1S/C26H27FN4O3.C2HF3O2/c1-17-18(2)25(33)29-28-23(17)15-20-8-9-22(27)21(14-20)26(34)31-13-12-30(24(32)16-31)11-10-19-6-4-3-5-7-19;3-2(4,5)1(6)7/h3-9,14H,10-13,15-16H2,1-2H3,(H,29,33);(H,6,7). The van der Waals surface area contributed by atoms with Gasteiger partial charge in [0.2, 0.25) is 5.91 Å². The number of rotatable bonds is 6. The molecular formula is C28H28F4N4O5. The summed E-state index contributed by atoms with van der Waals surface area (Å²) in [5.74, 6) is -4.03. The van der Waals surface area contributed by atoms with E-state index in [1.54, 1.807) is 17.9 Å². The summed E-state index contributed by atoms with van der Waals surface area (Å²) in [5, 5.41) is 13.7. The molecule has 0 radical (unpaired) electrons. The molecule has 1 fully saturated rings. The van der Waals surface area contributed by atoms with Crippen molar-refractivity contribution in [2.75, 3.05) is 26.2 Å². The third-order valence-electron chi connectivity index (χ3n) is 6.62. The van der Waals surface area contributed by atoms with Crippen molar-refractivity contribution >= 4 is 17.8 Å². The Morgan fingerprint density at radius 3 is 2.27 bits per heavy atom. The average Bonchev–Trinajstić information content (AvgIpc) is 2.93. The lowest BCUT2D eigenvalue weighted by molar-refractivity contribution is -0.192. The second-order valence-corrected chi connectivity index (χ2v) is 9.39. The molecule has 1 aromatic heterocycles. The van der Waals surface area contributed by atoms with E-state index in [2.05, 4.69) is 10.2 Å². The van der Waals surface area contributed by atoms with Gasteiger partial charge in [-0.2, -0.15) is 18.3 Å². The first kappa shape index (κ1) is 31.0. The van der Waals surface area contributed by atoms with Crippen molar-refractivity contribution in [3.05, 3.63) is 98.2 Å². The maximum Gasteiger partial charge on any atom is 0.490 e. The van der Waals surface area contributed by atoms with Crippen LogP contribution in [0.15, 0.2) is 53.3 Å². The largest absolute Gasteiger partial charge is 0.490 e. The number of carbonyl (C=O) groups excluding carboxylic acids is 2. The molecule has 2 aromatic carbocycles. The molecule has 218 valence electrons. The Morgan fingerprint density at radius 2 is 1.66 bits per heavy atom. The second kappa shape index (κ2) is 13.2. The Balaban J connectivity index is 0.000000587. The molecule has 1 aliphatic rings. The summed E-state index contributed by atoms with van der Waals surface area (Å²) >= 11 is 0. The number of nitrogens with one attached hydrogen (secondary N) is 1. The zero-order chi connectivity index (χ0) is 30.3. The van der Waals surface area contributed by atoms with Crippen LogP contribution in [-0.2, 0) is 22.4 Å². The maximum atomic E-state index is 14.6. The number of carbonyl (C=O) groups is 3. The zero-order valence-electron chi connectivity index (χ0n) is 22.3. The number of aliphatic carboxylic acids is 1. The van der Waals surface area contributed by atoms with Crippen LogP contribution in [0.25, 0.3) is 0 Å². The third kappa shape index (κ3) is 8.22. The van der Waals surface area contributed by atoms with E-state index >= 15 is 0 Å². The quantitative estimate of drug-likeness (QED) is 0.435. The first-order valence-corrected chi connectivity index (χ1v) is 12.5. The Bertz CT molecular complexity index is 1470. The minimum absolute atomic E-state index is 0.0677. The van der Waals surface area contributed by atoms with Crippen LogP contribution in [0, 0.1) is 19.7 Å². The van der Waals surface area contributed by atoms with Gasteiger partial charge in [0.15, 0.2) is 0 Å². The fourth-order valence-corrected chi connectivity index (χ4v) is 4.08. The van der Waals surface area contributed by atoms with Crippen molar-refractivity contribution in [2.24, 2.45) is 0 Å². The number of aromatic nitrogens is 2. The first-order valence-electron chi connectivity index (χ1n) is 12.5. The normalized spacial score (nSPS) is 13.5. The number of halogens is 4. The molecule has 2 amide bonds. The summed E-state index contributed by atoms with van der Waals surface area (Å²) in [6.07, 6.45) is -3.99. The van der Waals surface area contributed by atoms with Gasteiger partial charge in [0, 0.05) is 31.6 Å². The number of H-pyrrole nitrogens is 1. The lowest BCUT2D eigenvalue weighted by Crippen LogP contribution is -2.52. The van der Waals surface area contributed by atoms with Gasteiger partial charge >= 0.3 is 12.1 Å². The lowest BCUT2D eigenvalue weighted by atomic mass is 10.0. The molecule has 2 N–H and O–H groups in total. The molecule has 0 bridgehead atoms. The Labute approximate surface area is 232 Å². The molecule has 1 aliphatic heterocycles. The van der Waals surface area contributed by atoms with Crippen LogP contribution < -0.4 is 5.56 Å². The molecule has 2 heterocycles. The van der Waals surface area contributed by atoms with Gasteiger partial charge in [0.1, 0.15) is 12.4 Å². The second-order valence-electron chi connectivity index (χ2n) is 9.39. The van der Waals surface area contributed by atoms with E-state index in [1.807, 2.05) is 37.3 Å². The highest BCUT2D eigenvalue weighted by Gasteiger charge is 2.38. The number of hydrogen-bond acceptors (Lipinski definition) is 5. The number of hydrogen-bond donors (Lipinski definition) is 2. The molecule has 3 aromatic rings. The van der Waals surface area contributed by atoms with Crippen molar-refractivity contribution in [1.82, 2.24) is 20.0 Å². The molecule has 0 aliphatic carbocycles. The summed E-state index contributed by atoms with van der Waals surface area (Å²) < 4.78 is 46.3. The highest BCUT2D eigenvalue weighted by molar-refractivity contribution is 5.97. The van der Waals surface area contributed by atoms with E-state index in [1.165, 1.54) is 17.0 Å². The van der Waals surface area contributed by atoms with Crippen molar-refractivity contribution in [3.63, 3.8) is 0 Å². The van der Waals surface area contributed by atoms with Gasteiger partial charge < -0.3 is 14.9 Å². The number of aromatic amines is 1. The number of carboxylic acid groups (broad SMARTS) is 1. The van der Waals surface area contributed by atoms with E-state index in [0.29, 0.717) is 42.9 Å². The monoisotopic (exact) mass is 576 g/mol. The highest BCUT2D eigenvalue weighted by Crippen LogP contribution is 2.19. The number of carboxylic acids is 1. The lowest BCUT2D eigenvalue weighted by Gasteiger charge is -2.34. The topological polar surface area (TPSA) is 124 Å². The van der Waals surface area contributed by atoms with Gasteiger partial charge in [0.25, 0.3) is 11.5 Å². The van der Waals surface area contributed by atoms with Crippen LogP contribution in [0.1, 0.15) is 38.3 Å². The summed E-state index contributed by atoms with van der Waals surface area (Å²) in [6, 6.07) is 14.3. The van der Waals surface area contributed by atoms with E-state index in [-0.39, 0.29) is 23.6 Å². The van der Waals surface area contributed by atoms with Crippen molar-refractivity contribution in [1.29, 1.82) is 0 Å². The van der Waals surface area contributed by atoms with E-state index in [4.69, 9.17) is 9.90 Å². The van der Waals surface area contributed by atoms with Crippen molar-refractivity contribution in [2.45, 2.75) is 32.9 Å². The van der Waals surface area contributed by atoms with Crippen LogP contribution in [0.3, 0.4) is 0 Å². The van der Waals surface area contributed by atoms with Gasteiger partial charge in [-0.15, -0.1) is 0 Å². The average molecular weight is 577 g/mol. The number of nitrogens with zero attached hydrogens (tertiary/aromatic N) is 3. The molecular weight excluding hydrogens is 548 g/mol. The zero-order valence-corrected chi connectivity index (χ0v) is 22.3. The van der Waals surface area contributed by atoms with Crippen LogP contribution in [0.4, 0.5) is 17.6 Å². The van der Waals surface area contributed by atoms with Gasteiger partial charge in [-0.05, 0) is 49.1 Å². The fraction of sp³-hybridized carbons (Fsp3) is 0.321. The maximum absolute atomic E-state index is 14.6. The Hall–Kier alpha value is -4.55. The predicted molar refractivity (Wildman–Crippen MR) is 140 cm³/mol. The summed E-state index contributed by atoms with van der Waals surface area (Å²) in [4.78, 5) is 49.5. The van der Waals surface area contributed by atoms with Crippen LogP contribution in [0.2, 0.25) is 0 Å². The van der Waals surface area contributed by atoms with E-state index in [0.717, 1.165) is 17.5 Å². The molecule has 0 atom stereocenters.